The number of ether oxygens (including phenoxy) is 2. The van der Waals surface area contributed by atoms with Crippen LogP contribution in [0.3, 0.4) is 0 Å². The van der Waals surface area contributed by atoms with Gasteiger partial charge in [0.15, 0.2) is 5.72 Å². The molecule has 1 atom stereocenters. The van der Waals surface area contributed by atoms with Crippen molar-refractivity contribution in [2.24, 2.45) is 11.0 Å². The van der Waals surface area contributed by atoms with Crippen molar-refractivity contribution in [1.29, 1.82) is 0 Å². The Kier molecular flexibility index (Phi) is 4.11. The first-order chi connectivity index (χ1) is 13.6. The lowest BCUT2D eigenvalue weighted by molar-refractivity contribution is -0.145. The molecule has 1 fully saturated rings. The fraction of sp³-hybridized carbons (Fsp3) is 0.458. The Labute approximate surface area is 167 Å². The van der Waals surface area contributed by atoms with Crippen molar-refractivity contribution >= 4 is 5.71 Å². The summed E-state index contributed by atoms with van der Waals surface area (Å²) in [5, 5.41) is 7.46. The third kappa shape index (κ3) is 2.78. The highest BCUT2D eigenvalue weighted by Crippen LogP contribution is 2.52. The number of aryl methyl sites for hydroxylation is 1. The van der Waals surface area contributed by atoms with Gasteiger partial charge in [-0.25, -0.2) is 5.01 Å². The van der Waals surface area contributed by atoms with Gasteiger partial charge in [0, 0.05) is 30.4 Å². The van der Waals surface area contributed by atoms with Gasteiger partial charge in [0.1, 0.15) is 11.5 Å². The van der Waals surface area contributed by atoms with Crippen molar-refractivity contribution in [1.82, 2.24) is 5.01 Å². The van der Waals surface area contributed by atoms with Crippen LogP contribution >= 0.6 is 0 Å². The van der Waals surface area contributed by atoms with E-state index in [9.17, 15) is 0 Å². The van der Waals surface area contributed by atoms with E-state index in [-0.39, 0.29) is 11.8 Å². The predicted molar refractivity (Wildman–Crippen MR) is 111 cm³/mol. The van der Waals surface area contributed by atoms with Crippen LogP contribution in [-0.2, 0) is 0 Å². The minimum atomic E-state index is -0.306. The Bertz CT molecular complexity index is 928. The van der Waals surface area contributed by atoms with E-state index in [0.29, 0.717) is 0 Å². The third-order valence-corrected chi connectivity index (χ3v) is 6.61. The number of hydrogen-bond acceptors (Lipinski definition) is 4. The van der Waals surface area contributed by atoms with Crippen LogP contribution < -0.4 is 9.47 Å². The second-order valence-corrected chi connectivity index (χ2v) is 8.62. The van der Waals surface area contributed by atoms with E-state index in [1.54, 1.807) is 7.11 Å². The number of fused-ring (bicyclic) bond motifs is 4. The topological polar surface area (TPSA) is 34.1 Å². The Hall–Kier alpha value is -2.49. The molecule has 2 aromatic rings. The van der Waals surface area contributed by atoms with Gasteiger partial charge in [0.05, 0.1) is 18.9 Å². The molecule has 2 heterocycles. The normalized spacial score (nSPS) is 28.4. The summed E-state index contributed by atoms with van der Waals surface area (Å²) in [4.78, 5) is 0. The van der Waals surface area contributed by atoms with Crippen molar-refractivity contribution in [3.8, 4) is 11.5 Å². The van der Waals surface area contributed by atoms with Crippen molar-refractivity contribution in [2.45, 2.75) is 57.7 Å². The Morgan fingerprint density at radius 2 is 1.96 bits per heavy atom. The summed E-state index contributed by atoms with van der Waals surface area (Å²) in [7, 11) is 1.71. The summed E-state index contributed by atoms with van der Waals surface area (Å²) in [6, 6.07) is 15.1. The molecule has 4 heteroatoms. The van der Waals surface area contributed by atoms with Crippen LogP contribution in [0.5, 0.6) is 11.5 Å². The highest BCUT2D eigenvalue weighted by molar-refractivity contribution is 6.02. The molecule has 0 N–H and O–H groups in total. The molecule has 4 nitrogen and oxygen atoms in total. The summed E-state index contributed by atoms with van der Waals surface area (Å²) in [6.45, 7) is 4.50. The highest BCUT2D eigenvalue weighted by atomic mass is 16.5. The number of nitrogens with zero attached hydrogens (tertiary/aromatic N) is 2. The molecule has 1 aliphatic carbocycles. The lowest BCUT2D eigenvalue weighted by Crippen LogP contribution is -2.55. The molecule has 2 aromatic carbocycles. The third-order valence-electron chi connectivity index (χ3n) is 6.61. The molecule has 0 bridgehead atoms. The molecule has 0 unspecified atom stereocenters. The Morgan fingerprint density at radius 3 is 2.75 bits per heavy atom. The van der Waals surface area contributed by atoms with E-state index < -0.39 is 0 Å². The minimum absolute atomic E-state index is 0.248. The fourth-order valence-electron chi connectivity index (χ4n) is 4.92. The largest absolute Gasteiger partial charge is 0.497 e. The van der Waals surface area contributed by atoms with E-state index in [1.807, 2.05) is 12.1 Å². The zero-order valence-corrected chi connectivity index (χ0v) is 16.9. The molecular formula is C24H28N2O2. The predicted octanol–water partition coefficient (Wildman–Crippen LogP) is 5.45. The van der Waals surface area contributed by atoms with E-state index in [2.05, 4.69) is 49.2 Å². The summed E-state index contributed by atoms with van der Waals surface area (Å²) in [5.41, 5.74) is 4.50. The van der Waals surface area contributed by atoms with Crippen molar-refractivity contribution in [3.05, 3.63) is 59.2 Å². The standard InChI is InChI=1S/C24H28N2O2/c1-16-9-11-24(12-10-16)26-22(20-13-17(2)7-8-23(20)28-24)15-21(25-26)18-5-4-6-19(14-18)27-3/h4-8,13-14,16,22H,9-12,15H2,1-3H3/t16?,22-,24?/m1/s1. The van der Waals surface area contributed by atoms with E-state index in [4.69, 9.17) is 14.6 Å². The quantitative estimate of drug-likeness (QED) is 0.698. The van der Waals surface area contributed by atoms with Crippen LogP contribution in [0.4, 0.5) is 0 Å². The van der Waals surface area contributed by atoms with E-state index in [0.717, 1.165) is 48.0 Å². The molecule has 5 rings (SSSR count). The van der Waals surface area contributed by atoms with Crippen LogP contribution in [-0.4, -0.2) is 23.6 Å². The second kappa shape index (κ2) is 6.54. The maximum absolute atomic E-state index is 6.70. The molecule has 1 saturated carbocycles. The fourth-order valence-corrected chi connectivity index (χ4v) is 4.92. The lowest BCUT2D eigenvalue weighted by atomic mass is 9.82. The number of rotatable bonds is 2. The van der Waals surface area contributed by atoms with Crippen LogP contribution in [0.25, 0.3) is 0 Å². The molecule has 2 aliphatic heterocycles. The second-order valence-electron chi connectivity index (χ2n) is 8.62. The van der Waals surface area contributed by atoms with Gasteiger partial charge in [-0.15, -0.1) is 0 Å². The van der Waals surface area contributed by atoms with Gasteiger partial charge in [0.2, 0.25) is 0 Å². The smallest absolute Gasteiger partial charge is 0.198 e. The molecule has 0 aromatic heterocycles. The maximum Gasteiger partial charge on any atom is 0.198 e. The van der Waals surface area contributed by atoms with Crippen molar-refractivity contribution in [2.75, 3.05) is 7.11 Å². The number of hydrogen-bond donors (Lipinski definition) is 0. The highest BCUT2D eigenvalue weighted by Gasteiger charge is 2.51. The number of hydrazone groups is 1. The molecule has 0 amide bonds. The van der Waals surface area contributed by atoms with E-state index >= 15 is 0 Å². The molecule has 1 spiro atoms. The lowest BCUT2D eigenvalue weighted by Gasteiger charge is -2.50. The van der Waals surface area contributed by atoms with Crippen LogP contribution in [0.1, 0.15) is 61.8 Å². The summed E-state index contributed by atoms with van der Waals surface area (Å²) in [5.74, 6) is 2.68. The molecule has 28 heavy (non-hydrogen) atoms. The van der Waals surface area contributed by atoms with E-state index in [1.165, 1.54) is 24.0 Å². The van der Waals surface area contributed by atoms with Gasteiger partial charge >= 0.3 is 0 Å². The summed E-state index contributed by atoms with van der Waals surface area (Å²) < 4.78 is 12.1. The average Bonchev–Trinajstić information content (AvgIpc) is 3.18. The summed E-state index contributed by atoms with van der Waals surface area (Å²) in [6.07, 6.45) is 5.35. The van der Waals surface area contributed by atoms with Gasteiger partial charge in [-0.2, -0.15) is 5.10 Å². The zero-order chi connectivity index (χ0) is 19.3. The van der Waals surface area contributed by atoms with Crippen LogP contribution in [0.15, 0.2) is 47.6 Å². The van der Waals surface area contributed by atoms with Crippen LogP contribution in [0.2, 0.25) is 0 Å². The molecular weight excluding hydrogens is 348 g/mol. The Morgan fingerprint density at radius 1 is 1.14 bits per heavy atom. The zero-order valence-electron chi connectivity index (χ0n) is 16.9. The van der Waals surface area contributed by atoms with Crippen molar-refractivity contribution in [3.63, 3.8) is 0 Å². The molecule has 146 valence electrons. The SMILES string of the molecule is COc1cccc(C2=NN3[C@H](C2)c2cc(C)ccc2OC32CCC(C)CC2)c1. The van der Waals surface area contributed by atoms with Gasteiger partial charge < -0.3 is 9.47 Å². The van der Waals surface area contributed by atoms with Crippen molar-refractivity contribution < 1.29 is 9.47 Å². The Balaban J connectivity index is 1.58. The first-order valence-electron chi connectivity index (χ1n) is 10.4. The average molecular weight is 377 g/mol. The minimum Gasteiger partial charge on any atom is -0.497 e. The van der Waals surface area contributed by atoms with Gasteiger partial charge in [-0.05, 0) is 43.9 Å². The first-order valence-corrected chi connectivity index (χ1v) is 10.4. The molecule has 3 aliphatic rings. The van der Waals surface area contributed by atoms with Crippen LogP contribution in [0, 0.1) is 12.8 Å². The van der Waals surface area contributed by atoms with Gasteiger partial charge in [0.25, 0.3) is 0 Å². The van der Waals surface area contributed by atoms with Gasteiger partial charge in [-0.3, -0.25) is 0 Å². The van der Waals surface area contributed by atoms with Gasteiger partial charge in [-0.1, -0.05) is 36.8 Å². The number of methoxy groups -OCH3 is 1. The monoisotopic (exact) mass is 376 g/mol. The molecule has 0 radical (unpaired) electrons. The molecule has 0 saturated heterocycles. The number of benzene rings is 2. The first kappa shape index (κ1) is 17.6. The maximum atomic E-state index is 6.70. The summed E-state index contributed by atoms with van der Waals surface area (Å²) >= 11 is 0.